The normalized spacial score (nSPS) is 17.9. The molecule has 0 radical (unpaired) electrons. The summed E-state index contributed by atoms with van der Waals surface area (Å²) in [5.41, 5.74) is 2.26. The molecule has 2 aliphatic heterocycles. The number of carbonyl (C=O) groups is 3. The average molecular weight is 520 g/mol. The quantitative estimate of drug-likeness (QED) is 0.502. The van der Waals surface area contributed by atoms with Crippen molar-refractivity contribution in [1.29, 1.82) is 5.26 Å². The first-order chi connectivity index (χ1) is 18.4. The summed E-state index contributed by atoms with van der Waals surface area (Å²) in [6.07, 6.45) is 4.84. The number of cyclic esters (lactones) is 1. The Bertz CT molecular complexity index is 1320. The summed E-state index contributed by atoms with van der Waals surface area (Å²) in [7, 11) is 1.59. The van der Waals surface area contributed by atoms with Gasteiger partial charge in [-0.05, 0) is 44.2 Å². The highest BCUT2D eigenvalue weighted by molar-refractivity contribution is 6.02. The van der Waals surface area contributed by atoms with Crippen molar-refractivity contribution in [3.8, 4) is 6.07 Å². The van der Waals surface area contributed by atoms with E-state index in [-0.39, 0.29) is 35.7 Å². The van der Waals surface area contributed by atoms with E-state index in [1.165, 1.54) is 11.1 Å². The zero-order chi connectivity index (χ0) is 26.9. The van der Waals surface area contributed by atoms with Gasteiger partial charge in [-0.15, -0.1) is 0 Å². The number of carbonyl (C=O) groups excluding carboxylic acids is 3. The van der Waals surface area contributed by atoms with Gasteiger partial charge in [0.15, 0.2) is 6.29 Å². The van der Waals surface area contributed by atoms with Gasteiger partial charge < -0.3 is 14.8 Å². The van der Waals surface area contributed by atoms with Crippen molar-refractivity contribution in [1.82, 2.24) is 14.9 Å². The second-order valence-corrected chi connectivity index (χ2v) is 9.91. The number of anilines is 3. The van der Waals surface area contributed by atoms with Crippen LogP contribution in [-0.2, 0) is 22.4 Å². The number of aryl methyl sites for hydroxylation is 1. The third kappa shape index (κ3) is 4.84. The number of fused-ring (bicyclic) bond motifs is 1. The number of nitrogens with one attached hydrogen (secondary N) is 2. The summed E-state index contributed by atoms with van der Waals surface area (Å²) in [5.74, 6) is 0.674. The van der Waals surface area contributed by atoms with E-state index in [0.29, 0.717) is 61.5 Å². The van der Waals surface area contributed by atoms with Gasteiger partial charge in [0, 0.05) is 37.5 Å². The van der Waals surface area contributed by atoms with E-state index in [4.69, 9.17) is 9.47 Å². The number of pyridine rings is 2. The van der Waals surface area contributed by atoms with Crippen molar-refractivity contribution in [2.24, 2.45) is 0 Å². The minimum Gasteiger partial charge on any atom is -0.447 e. The van der Waals surface area contributed by atoms with Gasteiger partial charge in [0.25, 0.3) is 0 Å². The molecule has 0 bridgehead atoms. The topological polar surface area (TPSA) is 150 Å². The van der Waals surface area contributed by atoms with Crippen LogP contribution in [-0.4, -0.2) is 71.7 Å². The van der Waals surface area contributed by atoms with Crippen LogP contribution in [0.4, 0.5) is 26.9 Å². The van der Waals surface area contributed by atoms with Crippen LogP contribution in [0.1, 0.15) is 53.4 Å². The molecule has 0 aromatic carbocycles. The maximum absolute atomic E-state index is 13.3. The molecule has 5 rings (SSSR count). The Morgan fingerprint density at radius 1 is 1.39 bits per heavy atom. The fraction of sp³-hybridized carbons (Fsp3) is 0.462. The molecule has 1 saturated heterocycles. The molecule has 3 amide bonds. The molecule has 12 nitrogen and oxygen atoms in total. The Kier molecular flexibility index (Phi) is 6.86. The Hall–Kier alpha value is -4.24. The lowest BCUT2D eigenvalue weighted by Crippen LogP contribution is -2.40. The van der Waals surface area contributed by atoms with E-state index in [1.54, 1.807) is 18.1 Å². The summed E-state index contributed by atoms with van der Waals surface area (Å²) < 4.78 is 10.4. The van der Waals surface area contributed by atoms with Crippen LogP contribution < -0.4 is 15.5 Å². The van der Waals surface area contributed by atoms with Crippen molar-refractivity contribution in [3.63, 3.8) is 0 Å². The maximum Gasteiger partial charge on any atom is 0.410 e. The van der Waals surface area contributed by atoms with Crippen molar-refractivity contribution < 1.29 is 23.9 Å². The van der Waals surface area contributed by atoms with E-state index in [0.717, 1.165) is 18.4 Å². The summed E-state index contributed by atoms with van der Waals surface area (Å²) in [6, 6.07) is 5.05. The minimum atomic E-state index is -0.448. The first-order valence-electron chi connectivity index (χ1n) is 12.5. The lowest BCUT2D eigenvalue weighted by Gasteiger charge is -2.30. The molecule has 2 fully saturated rings. The summed E-state index contributed by atoms with van der Waals surface area (Å²) in [4.78, 5) is 49.5. The highest BCUT2D eigenvalue weighted by Gasteiger charge is 2.56. The lowest BCUT2D eigenvalue weighted by atomic mass is 10.0. The molecular weight excluding hydrogens is 490 g/mol. The number of hydrogen-bond donors (Lipinski definition) is 2. The number of urea groups is 1. The van der Waals surface area contributed by atoms with E-state index in [9.17, 15) is 19.6 Å². The van der Waals surface area contributed by atoms with Gasteiger partial charge >= 0.3 is 12.1 Å². The largest absolute Gasteiger partial charge is 0.447 e. The third-order valence-corrected chi connectivity index (χ3v) is 7.12. The second kappa shape index (κ2) is 10.3. The first-order valence-corrected chi connectivity index (χ1v) is 12.5. The first kappa shape index (κ1) is 25.4. The zero-order valence-electron chi connectivity index (χ0n) is 21.3. The number of aldehydes is 1. The molecule has 1 atom stereocenters. The third-order valence-electron chi connectivity index (χ3n) is 7.12. The predicted octanol–water partition coefficient (Wildman–Crippen LogP) is 3.08. The molecule has 0 unspecified atom stereocenters. The molecule has 4 heterocycles. The molecule has 1 aliphatic carbocycles. The fourth-order valence-corrected chi connectivity index (χ4v) is 4.96. The number of ether oxygens (including phenoxy) is 2. The number of hydrogen-bond acceptors (Lipinski definition) is 9. The van der Waals surface area contributed by atoms with E-state index in [1.807, 2.05) is 13.0 Å². The van der Waals surface area contributed by atoms with Crippen LogP contribution in [0.25, 0.3) is 0 Å². The molecule has 3 aliphatic rings. The number of aromatic nitrogens is 2. The zero-order valence-corrected chi connectivity index (χ0v) is 21.3. The SMILES string of the molecule is COC[C@@H](C)Nc1cc(NC(=O)N2CCCc3cc(CN4C(=O)OCC45CC5)c(C=O)nc32)ncc1C#N. The van der Waals surface area contributed by atoms with Crippen LogP contribution in [0.2, 0.25) is 0 Å². The highest BCUT2D eigenvalue weighted by Crippen LogP contribution is 2.46. The van der Waals surface area contributed by atoms with Crippen LogP contribution in [0, 0.1) is 11.3 Å². The van der Waals surface area contributed by atoms with E-state index < -0.39 is 6.03 Å². The molecule has 12 heteroatoms. The van der Waals surface area contributed by atoms with Crippen LogP contribution in [0.3, 0.4) is 0 Å². The number of amides is 3. The van der Waals surface area contributed by atoms with Crippen LogP contribution in [0.5, 0.6) is 0 Å². The van der Waals surface area contributed by atoms with Gasteiger partial charge in [0.2, 0.25) is 0 Å². The van der Waals surface area contributed by atoms with Gasteiger partial charge in [-0.2, -0.15) is 5.26 Å². The van der Waals surface area contributed by atoms with E-state index in [2.05, 4.69) is 26.7 Å². The predicted molar refractivity (Wildman–Crippen MR) is 137 cm³/mol. The molecule has 2 N–H and O–H groups in total. The molecule has 1 saturated carbocycles. The van der Waals surface area contributed by atoms with Crippen molar-refractivity contribution in [2.75, 3.05) is 42.4 Å². The van der Waals surface area contributed by atoms with Gasteiger partial charge in [-0.1, -0.05) is 0 Å². The maximum atomic E-state index is 13.3. The van der Waals surface area contributed by atoms with Gasteiger partial charge in [0.1, 0.15) is 30.0 Å². The molecular formula is C26H29N7O5. The van der Waals surface area contributed by atoms with Gasteiger partial charge in [0.05, 0.1) is 29.9 Å². The molecule has 38 heavy (non-hydrogen) atoms. The number of nitriles is 1. The standard InChI is InChI=1S/C26H29N7O5/c1-16(14-37-2)29-20-9-22(28-11-19(20)10-27)31-24(35)32-7-3-4-17-8-18(21(13-34)30-23(17)32)12-33-25(36)38-15-26(33)5-6-26/h8-9,11,13,16H,3-7,12,14-15H2,1-2H3,(H2,28,29,31,35)/t16-/m1/s1. The van der Waals surface area contributed by atoms with Crippen LogP contribution in [0.15, 0.2) is 18.3 Å². The summed E-state index contributed by atoms with van der Waals surface area (Å²) in [6.45, 7) is 3.38. The Labute approximate surface area is 219 Å². The number of methoxy groups -OCH3 is 1. The average Bonchev–Trinajstić information content (AvgIpc) is 3.64. The molecule has 2 aromatic heterocycles. The van der Waals surface area contributed by atoms with Crippen LogP contribution >= 0.6 is 0 Å². The van der Waals surface area contributed by atoms with Gasteiger partial charge in [-0.3, -0.25) is 19.9 Å². The highest BCUT2D eigenvalue weighted by atomic mass is 16.6. The Morgan fingerprint density at radius 2 is 2.21 bits per heavy atom. The summed E-state index contributed by atoms with van der Waals surface area (Å²) >= 11 is 0. The fourth-order valence-electron chi connectivity index (χ4n) is 4.96. The molecule has 1 spiro atoms. The number of nitrogens with zero attached hydrogens (tertiary/aromatic N) is 5. The second-order valence-electron chi connectivity index (χ2n) is 9.91. The minimum absolute atomic E-state index is 0.0654. The van der Waals surface area contributed by atoms with Crippen molar-refractivity contribution in [3.05, 3.63) is 40.7 Å². The van der Waals surface area contributed by atoms with E-state index >= 15 is 0 Å². The monoisotopic (exact) mass is 519 g/mol. The lowest BCUT2D eigenvalue weighted by molar-refractivity contribution is 0.111. The Morgan fingerprint density at radius 3 is 2.92 bits per heavy atom. The summed E-state index contributed by atoms with van der Waals surface area (Å²) in [5, 5.41) is 15.4. The van der Waals surface area contributed by atoms with Crippen molar-refractivity contribution >= 4 is 35.7 Å². The Balaban J connectivity index is 1.36. The smallest absolute Gasteiger partial charge is 0.410 e. The van der Waals surface area contributed by atoms with Gasteiger partial charge in [-0.25, -0.2) is 19.6 Å². The molecule has 198 valence electrons. The van der Waals surface area contributed by atoms with Crippen molar-refractivity contribution in [2.45, 2.75) is 50.7 Å². The number of rotatable bonds is 8. The molecule has 2 aromatic rings.